The van der Waals surface area contributed by atoms with Crippen molar-refractivity contribution < 1.29 is 34.2 Å². The van der Waals surface area contributed by atoms with E-state index in [9.17, 15) is 29.1 Å². The molecule has 0 saturated carbocycles. The second kappa shape index (κ2) is 15.4. The number of carbonyl (C=O) groups excluding carboxylic acids is 3. The molecule has 0 saturated heterocycles. The summed E-state index contributed by atoms with van der Waals surface area (Å²) in [5.41, 5.74) is 7.47. The fourth-order valence-electron chi connectivity index (χ4n) is 3.56. The van der Waals surface area contributed by atoms with Crippen molar-refractivity contribution in [3.8, 4) is 0 Å². The van der Waals surface area contributed by atoms with Crippen LogP contribution in [0.4, 0.5) is 0 Å². The van der Waals surface area contributed by atoms with E-state index in [1.165, 1.54) is 0 Å². The Hall–Kier alpha value is -3.90. The average molecular weight is 545 g/mol. The summed E-state index contributed by atoms with van der Waals surface area (Å²) in [5, 5.41) is 25.9. The fraction of sp³-hybridized carbons (Fsp3) is 0.346. The summed E-state index contributed by atoms with van der Waals surface area (Å²) in [4.78, 5) is 61.3. The van der Waals surface area contributed by atoms with Gasteiger partial charge in [0.05, 0.1) is 6.04 Å². The molecule has 0 spiro atoms. The largest absolute Gasteiger partial charge is 0.481 e. The molecule has 0 heterocycles. The van der Waals surface area contributed by atoms with Crippen molar-refractivity contribution in [1.29, 1.82) is 0 Å². The number of amides is 3. The zero-order valence-corrected chi connectivity index (χ0v) is 21.5. The molecular formula is C26H32N4O7S. The van der Waals surface area contributed by atoms with Crippen LogP contribution < -0.4 is 21.7 Å². The number of rotatable bonds is 15. The number of thiol groups is 1. The topological polar surface area (TPSA) is 188 Å². The van der Waals surface area contributed by atoms with Crippen molar-refractivity contribution in [2.45, 2.75) is 49.9 Å². The molecule has 12 heteroatoms. The van der Waals surface area contributed by atoms with Crippen molar-refractivity contribution in [3.63, 3.8) is 0 Å². The maximum atomic E-state index is 12.9. The normalized spacial score (nSPS) is 13.8. The van der Waals surface area contributed by atoms with Crippen molar-refractivity contribution in [2.75, 3.05) is 5.75 Å². The number of benzene rings is 2. The van der Waals surface area contributed by atoms with Crippen LogP contribution in [0.5, 0.6) is 0 Å². The molecule has 2 aromatic carbocycles. The SMILES string of the molecule is NC(Cc1ccccc1)C(=O)NC(CS)C(=O)NC(CCC(=O)O)C(=O)NC(Cc1ccccc1)C(=O)O. The Morgan fingerprint density at radius 2 is 1.18 bits per heavy atom. The molecule has 3 amide bonds. The minimum absolute atomic E-state index is 0.0177. The standard InChI is InChI=1S/C26H32N4O7S/c27-18(13-16-7-3-1-4-8-16)23(33)30-21(15-38)25(35)28-19(11-12-22(31)32)24(34)29-20(26(36)37)14-17-9-5-2-6-10-17/h1-10,18-21,38H,11-15,27H2,(H,28,35)(H,29,34)(H,30,33)(H,31,32)(H,36,37). The van der Waals surface area contributed by atoms with Crippen LogP contribution in [0.1, 0.15) is 24.0 Å². The Morgan fingerprint density at radius 1 is 0.711 bits per heavy atom. The first kappa shape index (κ1) is 30.3. The molecule has 0 aliphatic heterocycles. The van der Waals surface area contributed by atoms with Gasteiger partial charge in [-0.05, 0) is 24.0 Å². The minimum atomic E-state index is -1.37. The molecule has 204 valence electrons. The Labute approximate surface area is 225 Å². The summed E-state index contributed by atoms with van der Waals surface area (Å²) < 4.78 is 0. The van der Waals surface area contributed by atoms with E-state index >= 15 is 0 Å². The number of aliphatic carboxylic acids is 2. The van der Waals surface area contributed by atoms with E-state index in [0.29, 0.717) is 5.56 Å². The van der Waals surface area contributed by atoms with Crippen molar-refractivity contribution in [1.82, 2.24) is 16.0 Å². The van der Waals surface area contributed by atoms with Gasteiger partial charge in [-0.2, -0.15) is 12.6 Å². The first-order chi connectivity index (χ1) is 18.1. The van der Waals surface area contributed by atoms with Crippen LogP contribution in [0.25, 0.3) is 0 Å². The lowest BCUT2D eigenvalue weighted by atomic mass is 10.0. The zero-order valence-electron chi connectivity index (χ0n) is 20.6. The lowest BCUT2D eigenvalue weighted by Gasteiger charge is -2.24. The third kappa shape index (κ3) is 10.2. The van der Waals surface area contributed by atoms with Crippen molar-refractivity contribution in [3.05, 3.63) is 71.8 Å². The highest BCUT2D eigenvalue weighted by Crippen LogP contribution is 2.07. The second-order valence-corrected chi connectivity index (χ2v) is 8.99. The molecule has 0 aromatic heterocycles. The predicted octanol–water partition coefficient (Wildman–Crippen LogP) is 0.133. The molecular weight excluding hydrogens is 512 g/mol. The van der Waals surface area contributed by atoms with E-state index in [1.807, 2.05) is 18.2 Å². The molecule has 2 rings (SSSR count). The van der Waals surface area contributed by atoms with E-state index in [0.717, 1.165) is 5.56 Å². The smallest absolute Gasteiger partial charge is 0.326 e. The molecule has 38 heavy (non-hydrogen) atoms. The Balaban J connectivity index is 2.06. The summed E-state index contributed by atoms with van der Waals surface area (Å²) in [6, 6.07) is 12.9. The molecule has 0 bridgehead atoms. The fourth-order valence-corrected chi connectivity index (χ4v) is 3.82. The van der Waals surface area contributed by atoms with Gasteiger partial charge in [-0.1, -0.05) is 60.7 Å². The van der Waals surface area contributed by atoms with E-state index in [1.54, 1.807) is 42.5 Å². The Morgan fingerprint density at radius 3 is 1.68 bits per heavy atom. The van der Waals surface area contributed by atoms with Crippen molar-refractivity contribution >= 4 is 42.3 Å². The summed E-state index contributed by atoms with van der Waals surface area (Å²) in [7, 11) is 0. The predicted molar refractivity (Wildman–Crippen MR) is 142 cm³/mol. The van der Waals surface area contributed by atoms with Crippen LogP contribution >= 0.6 is 12.6 Å². The third-order valence-electron chi connectivity index (χ3n) is 5.63. The quantitative estimate of drug-likeness (QED) is 0.154. The number of nitrogens with two attached hydrogens (primary N) is 1. The van der Waals surface area contributed by atoms with Gasteiger partial charge in [0.2, 0.25) is 17.7 Å². The van der Waals surface area contributed by atoms with Crippen LogP contribution in [0.2, 0.25) is 0 Å². The van der Waals surface area contributed by atoms with Gasteiger partial charge >= 0.3 is 11.9 Å². The average Bonchev–Trinajstić information content (AvgIpc) is 2.89. The molecule has 7 N–H and O–H groups in total. The number of carboxylic acids is 2. The van der Waals surface area contributed by atoms with Gasteiger partial charge in [-0.25, -0.2) is 4.79 Å². The Kier molecular flexibility index (Phi) is 12.3. The first-order valence-corrected chi connectivity index (χ1v) is 12.5. The third-order valence-corrected chi connectivity index (χ3v) is 5.99. The molecule has 0 radical (unpaired) electrons. The Bertz CT molecular complexity index is 1100. The summed E-state index contributed by atoms with van der Waals surface area (Å²) in [6.45, 7) is 0. The highest BCUT2D eigenvalue weighted by atomic mass is 32.1. The zero-order chi connectivity index (χ0) is 28.1. The number of hydrogen-bond acceptors (Lipinski definition) is 7. The van der Waals surface area contributed by atoms with E-state index in [2.05, 4.69) is 28.6 Å². The number of nitrogens with one attached hydrogen (secondary N) is 3. The molecule has 0 aliphatic carbocycles. The molecule has 0 aliphatic rings. The van der Waals surface area contributed by atoms with E-state index in [4.69, 9.17) is 10.8 Å². The van der Waals surface area contributed by atoms with Gasteiger partial charge in [0.25, 0.3) is 0 Å². The molecule has 4 atom stereocenters. The van der Waals surface area contributed by atoms with Gasteiger partial charge in [-0.3, -0.25) is 19.2 Å². The summed E-state index contributed by atoms with van der Waals surface area (Å²) >= 11 is 4.11. The van der Waals surface area contributed by atoms with E-state index in [-0.39, 0.29) is 25.0 Å². The first-order valence-electron chi connectivity index (χ1n) is 11.9. The van der Waals surface area contributed by atoms with Gasteiger partial charge < -0.3 is 31.9 Å². The lowest BCUT2D eigenvalue weighted by Crippen LogP contribution is -2.58. The number of carboxylic acid groups (broad SMARTS) is 2. The van der Waals surface area contributed by atoms with Crippen LogP contribution in [-0.4, -0.2) is 69.8 Å². The highest BCUT2D eigenvalue weighted by molar-refractivity contribution is 7.80. The maximum absolute atomic E-state index is 12.9. The minimum Gasteiger partial charge on any atom is -0.481 e. The molecule has 11 nitrogen and oxygen atoms in total. The van der Waals surface area contributed by atoms with Crippen LogP contribution in [-0.2, 0) is 36.8 Å². The molecule has 0 fully saturated rings. The number of carbonyl (C=O) groups is 5. The maximum Gasteiger partial charge on any atom is 0.326 e. The molecule has 2 aromatic rings. The molecule has 4 unspecified atom stereocenters. The summed E-state index contributed by atoms with van der Waals surface area (Å²) in [6.07, 6.45) is -0.550. The van der Waals surface area contributed by atoms with Gasteiger partial charge in [0, 0.05) is 18.6 Å². The second-order valence-electron chi connectivity index (χ2n) is 8.62. The monoisotopic (exact) mass is 544 g/mol. The highest BCUT2D eigenvalue weighted by Gasteiger charge is 2.30. The van der Waals surface area contributed by atoms with Gasteiger partial charge in [0.1, 0.15) is 18.1 Å². The van der Waals surface area contributed by atoms with Gasteiger partial charge in [-0.15, -0.1) is 0 Å². The number of hydrogen-bond donors (Lipinski definition) is 7. The van der Waals surface area contributed by atoms with Crippen LogP contribution in [0, 0.1) is 0 Å². The van der Waals surface area contributed by atoms with Crippen LogP contribution in [0.15, 0.2) is 60.7 Å². The van der Waals surface area contributed by atoms with Crippen LogP contribution in [0.3, 0.4) is 0 Å². The lowest BCUT2D eigenvalue weighted by molar-refractivity contribution is -0.143. The van der Waals surface area contributed by atoms with E-state index < -0.39 is 60.2 Å². The van der Waals surface area contributed by atoms with Crippen molar-refractivity contribution in [2.24, 2.45) is 5.73 Å². The summed E-state index contributed by atoms with van der Waals surface area (Å²) in [5.74, 6) is -4.90. The van der Waals surface area contributed by atoms with Gasteiger partial charge in [0.15, 0.2) is 0 Å².